The molecule has 3 rings (SSSR count). The Morgan fingerprint density at radius 2 is 1.65 bits per heavy atom. The summed E-state index contributed by atoms with van der Waals surface area (Å²) in [5, 5.41) is 0. The average molecular weight is 274 g/mol. The summed E-state index contributed by atoms with van der Waals surface area (Å²) in [6, 6.07) is 8.91. The molecule has 2 bridgehead atoms. The maximum Gasteiger partial charge on any atom is 0.0707 e. The van der Waals surface area contributed by atoms with Crippen LogP contribution in [-0.4, -0.2) is 36.7 Å². The fourth-order valence-electron chi connectivity index (χ4n) is 3.36. The zero-order valence-corrected chi connectivity index (χ0v) is 12.6. The van der Waals surface area contributed by atoms with Crippen LogP contribution in [-0.2, 0) is 4.74 Å². The summed E-state index contributed by atoms with van der Waals surface area (Å²) in [6.45, 7) is 7.48. The van der Waals surface area contributed by atoms with Crippen LogP contribution in [0.3, 0.4) is 0 Å². The second kappa shape index (κ2) is 5.84. The van der Waals surface area contributed by atoms with E-state index in [-0.39, 0.29) is 6.04 Å². The van der Waals surface area contributed by atoms with Gasteiger partial charge in [0.25, 0.3) is 0 Å². The highest BCUT2D eigenvalue weighted by atomic mass is 16.5. The lowest BCUT2D eigenvalue weighted by Crippen LogP contribution is -2.45. The summed E-state index contributed by atoms with van der Waals surface area (Å²) >= 11 is 0. The van der Waals surface area contributed by atoms with Gasteiger partial charge in [-0.25, -0.2) is 0 Å². The summed E-state index contributed by atoms with van der Waals surface area (Å²) in [5.41, 5.74) is 9.00. The zero-order chi connectivity index (χ0) is 14.1. The number of morpholine rings is 1. The number of ether oxygens (including phenoxy) is 1. The minimum absolute atomic E-state index is 0.105. The van der Waals surface area contributed by atoms with Gasteiger partial charge in [-0.3, -0.25) is 4.90 Å². The van der Waals surface area contributed by atoms with Crippen LogP contribution in [0.4, 0.5) is 0 Å². The van der Waals surface area contributed by atoms with Gasteiger partial charge >= 0.3 is 0 Å². The molecule has 2 aliphatic heterocycles. The molecular weight excluding hydrogens is 248 g/mol. The van der Waals surface area contributed by atoms with Crippen LogP contribution in [0.25, 0.3) is 0 Å². The Labute approximate surface area is 122 Å². The predicted octanol–water partition coefficient (Wildman–Crippen LogP) is 2.67. The molecule has 2 heterocycles. The molecular formula is C17H26N2O. The van der Waals surface area contributed by atoms with Gasteiger partial charge in [0.2, 0.25) is 0 Å². The van der Waals surface area contributed by atoms with Gasteiger partial charge in [0.15, 0.2) is 0 Å². The van der Waals surface area contributed by atoms with Crippen molar-refractivity contribution in [3.8, 4) is 0 Å². The van der Waals surface area contributed by atoms with Crippen molar-refractivity contribution >= 4 is 0 Å². The van der Waals surface area contributed by atoms with Crippen molar-refractivity contribution in [3.63, 3.8) is 0 Å². The number of nitrogens with zero attached hydrogens (tertiary/aromatic N) is 1. The normalized spacial score (nSPS) is 28.0. The maximum absolute atomic E-state index is 6.38. The number of hydrogen-bond donors (Lipinski definition) is 1. The molecule has 2 fully saturated rings. The Morgan fingerprint density at radius 3 is 2.20 bits per heavy atom. The zero-order valence-electron chi connectivity index (χ0n) is 12.6. The summed E-state index contributed by atoms with van der Waals surface area (Å²) in [6.07, 6.45) is 3.34. The second-order valence-corrected chi connectivity index (χ2v) is 6.60. The van der Waals surface area contributed by atoms with Gasteiger partial charge in [-0.05, 0) is 29.9 Å². The van der Waals surface area contributed by atoms with Gasteiger partial charge in [-0.15, -0.1) is 0 Å². The highest BCUT2D eigenvalue weighted by Crippen LogP contribution is 2.27. The number of rotatable bonds is 4. The monoisotopic (exact) mass is 274 g/mol. The van der Waals surface area contributed by atoms with Crippen molar-refractivity contribution in [3.05, 3.63) is 35.4 Å². The van der Waals surface area contributed by atoms with Crippen molar-refractivity contribution in [1.82, 2.24) is 4.90 Å². The summed E-state index contributed by atoms with van der Waals surface area (Å²) in [4.78, 5) is 2.48. The van der Waals surface area contributed by atoms with Crippen molar-refractivity contribution in [2.24, 2.45) is 5.73 Å². The highest BCUT2D eigenvalue weighted by Gasteiger charge is 2.34. The van der Waals surface area contributed by atoms with Crippen LogP contribution in [0.2, 0.25) is 0 Å². The average Bonchev–Trinajstić information content (AvgIpc) is 2.78. The van der Waals surface area contributed by atoms with Crippen LogP contribution in [0.1, 0.15) is 49.8 Å². The number of benzene rings is 1. The lowest BCUT2D eigenvalue weighted by molar-refractivity contribution is -0.0397. The molecule has 3 atom stereocenters. The van der Waals surface area contributed by atoms with Crippen molar-refractivity contribution in [2.45, 2.75) is 50.9 Å². The molecule has 0 radical (unpaired) electrons. The number of likely N-dealkylation sites (tertiary alicyclic amines) is 1. The van der Waals surface area contributed by atoms with Crippen LogP contribution in [0.15, 0.2) is 24.3 Å². The summed E-state index contributed by atoms with van der Waals surface area (Å²) < 4.78 is 5.87. The third kappa shape index (κ3) is 3.05. The van der Waals surface area contributed by atoms with Crippen LogP contribution < -0.4 is 5.73 Å². The van der Waals surface area contributed by atoms with Crippen molar-refractivity contribution in [1.29, 1.82) is 0 Å². The second-order valence-electron chi connectivity index (χ2n) is 6.60. The maximum atomic E-state index is 6.38. The fourth-order valence-corrected chi connectivity index (χ4v) is 3.36. The van der Waals surface area contributed by atoms with E-state index in [0.29, 0.717) is 18.1 Å². The van der Waals surface area contributed by atoms with Gasteiger partial charge in [-0.1, -0.05) is 38.1 Å². The van der Waals surface area contributed by atoms with Crippen molar-refractivity contribution < 1.29 is 4.74 Å². The Bertz CT molecular complexity index is 431. The van der Waals surface area contributed by atoms with Gasteiger partial charge in [0, 0.05) is 25.7 Å². The Balaban J connectivity index is 1.59. The highest BCUT2D eigenvalue weighted by molar-refractivity contribution is 5.26. The van der Waals surface area contributed by atoms with E-state index in [2.05, 4.69) is 43.0 Å². The molecule has 0 saturated carbocycles. The molecule has 3 unspecified atom stereocenters. The first-order valence-corrected chi connectivity index (χ1v) is 7.85. The van der Waals surface area contributed by atoms with E-state index in [1.807, 2.05) is 0 Å². The summed E-state index contributed by atoms with van der Waals surface area (Å²) in [7, 11) is 0. The standard InChI is InChI=1S/C17H26N2O/c1-12(2)13-3-5-14(6-4-13)17(18)11-19-9-15-7-8-16(10-19)20-15/h3-6,12,15-17H,7-11,18H2,1-2H3. The molecule has 0 aromatic heterocycles. The third-order valence-electron chi connectivity index (χ3n) is 4.61. The molecule has 2 N–H and O–H groups in total. The Kier molecular flexibility index (Phi) is 4.11. The largest absolute Gasteiger partial charge is 0.372 e. The number of nitrogens with two attached hydrogens (primary N) is 1. The quantitative estimate of drug-likeness (QED) is 0.917. The molecule has 2 aliphatic rings. The molecule has 2 saturated heterocycles. The van der Waals surface area contributed by atoms with Crippen molar-refractivity contribution in [2.75, 3.05) is 19.6 Å². The fraction of sp³-hybridized carbons (Fsp3) is 0.647. The Hall–Kier alpha value is -0.900. The van der Waals surface area contributed by atoms with Crippen LogP contribution in [0.5, 0.6) is 0 Å². The minimum atomic E-state index is 0.105. The molecule has 0 amide bonds. The van der Waals surface area contributed by atoms with E-state index < -0.39 is 0 Å². The first-order valence-electron chi connectivity index (χ1n) is 7.85. The predicted molar refractivity (Wildman–Crippen MR) is 81.8 cm³/mol. The minimum Gasteiger partial charge on any atom is -0.372 e. The lowest BCUT2D eigenvalue weighted by atomic mass is 9.99. The first kappa shape index (κ1) is 14.1. The van der Waals surface area contributed by atoms with Gasteiger partial charge < -0.3 is 10.5 Å². The molecule has 1 aromatic rings. The Morgan fingerprint density at radius 1 is 1.10 bits per heavy atom. The molecule has 3 nitrogen and oxygen atoms in total. The molecule has 0 spiro atoms. The van der Waals surface area contributed by atoms with E-state index in [4.69, 9.17) is 10.5 Å². The van der Waals surface area contributed by atoms with Gasteiger partial charge in [-0.2, -0.15) is 0 Å². The summed E-state index contributed by atoms with van der Waals surface area (Å²) in [5.74, 6) is 0.579. The third-order valence-corrected chi connectivity index (χ3v) is 4.61. The molecule has 110 valence electrons. The van der Waals surface area contributed by atoms with E-state index in [1.165, 1.54) is 24.0 Å². The lowest BCUT2D eigenvalue weighted by Gasteiger charge is -2.33. The molecule has 3 heteroatoms. The van der Waals surface area contributed by atoms with E-state index in [9.17, 15) is 0 Å². The molecule has 1 aromatic carbocycles. The van der Waals surface area contributed by atoms with E-state index in [1.54, 1.807) is 0 Å². The van der Waals surface area contributed by atoms with E-state index >= 15 is 0 Å². The molecule has 0 aliphatic carbocycles. The van der Waals surface area contributed by atoms with E-state index in [0.717, 1.165) is 19.6 Å². The van der Waals surface area contributed by atoms with Gasteiger partial charge in [0.05, 0.1) is 12.2 Å². The molecule has 20 heavy (non-hydrogen) atoms. The van der Waals surface area contributed by atoms with Crippen LogP contribution in [0, 0.1) is 0 Å². The van der Waals surface area contributed by atoms with Crippen LogP contribution >= 0.6 is 0 Å². The smallest absolute Gasteiger partial charge is 0.0707 e. The van der Waals surface area contributed by atoms with Gasteiger partial charge in [0.1, 0.15) is 0 Å². The first-order chi connectivity index (χ1) is 9.61. The number of fused-ring (bicyclic) bond motifs is 2. The number of hydrogen-bond acceptors (Lipinski definition) is 3. The SMILES string of the molecule is CC(C)c1ccc(C(N)CN2CC3CCC(C2)O3)cc1. The topological polar surface area (TPSA) is 38.5 Å².